The van der Waals surface area contributed by atoms with E-state index in [-0.39, 0.29) is 19.0 Å². The zero-order valence-corrected chi connectivity index (χ0v) is 15.6. The van der Waals surface area contributed by atoms with E-state index < -0.39 is 17.6 Å². The van der Waals surface area contributed by atoms with Gasteiger partial charge in [0.2, 0.25) is 0 Å². The zero-order chi connectivity index (χ0) is 20.6. The van der Waals surface area contributed by atoms with E-state index in [4.69, 9.17) is 18.6 Å². The smallest absolute Gasteiger partial charge is 0.343 e. The molecule has 0 N–H and O–H groups in total. The average Bonchev–Trinajstić information content (AvgIpc) is 2.71. The van der Waals surface area contributed by atoms with Crippen molar-refractivity contribution < 1.29 is 28.2 Å². The summed E-state index contributed by atoms with van der Waals surface area (Å²) in [7, 11) is 0. The highest BCUT2D eigenvalue weighted by Crippen LogP contribution is 2.21. The lowest BCUT2D eigenvalue weighted by atomic mass is 10.2. The predicted molar refractivity (Wildman–Crippen MR) is 105 cm³/mol. The van der Waals surface area contributed by atoms with E-state index in [0.29, 0.717) is 16.9 Å². The summed E-state index contributed by atoms with van der Waals surface area (Å²) in [5.41, 5.74) is 0.182. The van der Waals surface area contributed by atoms with Gasteiger partial charge in [0.15, 0.2) is 0 Å². The van der Waals surface area contributed by atoms with Gasteiger partial charge in [0, 0.05) is 23.6 Å². The number of ether oxygens (including phenoxy) is 3. The first-order valence-corrected chi connectivity index (χ1v) is 8.83. The van der Waals surface area contributed by atoms with Crippen LogP contribution in [0.25, 0.3) is 11.0 Å². The number of benzene rings is 2. The second-order valence-corrected chi connectivity index (χ2v) is 5.88. The maximum atomic E-state index is 12.3. The molecule has 7 heteroatoms. The molecule has 1 aromatic heterocycles. The molecule has 0 saturated heterocycles. The second-order valence-electron chi connectivity index (χ2n) is 5.88. The van der Waals surface area contributed by atoms with Crippen LogP contribution in [0.5, 0.6) is 11.5 Å². The summed E-state index contributed by atoms with van der Waals surface area (Å²) >= 11 is 0. The largest absolute Gasteiger partial charge is 0.490 e. The lowest BCUT2D eigenvalue weighted by Gasteiger charge is -2.08. The monoisotopic (exact) mass is 394 g/mol. The summed E-state index contributed by atoms with van der Waals surface area (Å²) in [6.45, 7) is 2.03. The van der Waals surface area contributed by atoms with Gasteiger partial charge in [-0.1, -0.05) is 6.08 Å². The van der Waals surface area contributed by atoms with E-state index in [1.807, 2.05) is 0 Å². The van der Waals surface area contributed by atoms with Crippen LogP contribution in [0, 0.1) is 0 Å². The molecule has 3 aromatic rings. The Hall–Kier alpha value is -3.87. The minimum Gasteiger partial charge on any atom is -0.490 e. The molecule has 29 heavy (non-hydrogen) atoms. The molecule has 0 aliphatic rings. The standard InChI is InChI=1S/C22H18O7/c1-2-3-20(23)27-13-12-26-17-8-5-16(6-9-17)22(25)28-18-10-4-15-7-11-21(24)29-19(15)14-18/h2-11,14H,12-13H2,1H3. The van der Waals surface area contributed by atoms with Gasteiger partial charge in [-0.2, -0.15) is 0 Å². The number of fused-ring (bicyclic) bond motifs is 1. The molecule has 0 aliphatic heterocycles. The van der Waals surface area contributed by atoms with Gasteiger partial charge in [0.05, 0.1) is 5.56 Å². The summed E-state index contributed by atoms with van der Waals surface area (Å²) in [5, 5.41) is 0.724. The third kappa shape index (κ3) is 5.55. The molecule has 0 fully saturated rings. The molecule has 3 rings (SSSR count). The van der Waals surface area contributed by atoms with Crippen LogP contribution in [0.2, 0.25) is 0 Å². The Morgan fingerprint density at radius 3 is 2.45 bits per heavy atom. The normalized spacial score (nSPS) is 10.8. The molecular formula is C22H18O7. The van der Waals surface area contributed by atoms with Crippen molar-refractivity contribution in [3.63, 3.8) is 0 Å². The van der Waals surface area contributed by atoms with E-state index in [2.05, 4.69) is 0 Å². The van der Waals surface area contributed by atoms with Crippen LogP contribution in [-0.2, 0) is 9.53 Å². The number of esters is 2. The van der Waals surface area contributed by atoms with Crippen LogP contribution in [0.4, 0.5) is 0 Å². The lowest BCUT2D eigenvalue weighted by molar-refractivity contribution is -0.138. The highest BCUT2D eigenvalue weighted by molar-refractivity contribution is 5.91. The van der Waals surface area contributed by atoms with E-state index >= 15 is 0 Å². The van der Waals surface area contributed by atoms with Crippen molar-refractivity contribution in [1.82, 2.24) is 0 Å². The Balaban J connectivity index is 1.56. The van der Waals surface area contributed by atoms with Gasteiger partial charge in [-0.25, -0.2) is 14.4 Å². The fraction of sp³-hybridized carbons (Fsp3) is 0.136. The quantitative estimate of drug-likeness (QED) is 0.199. The summed E-state index contributed by atoms with van der Waals surface area (Å²) in [4.78, 5) is 34.8. The molecule has 0 spiro atoms. The maximum Gasteiger partial charge on any atom is 0.343 e. The summed E-state index contributed by atoms with van der Waals surface area (Å²) in [6.07, 6.45) is 2.92. The van der Waals surface area contributed by atoms with Gasteiger partial charge in [-0.05, 0) is 49.4 Å². The van der Waals surface area contributed by atoms with Crippen molar-refractivity contribution in [2.75, 3.05) is 13.2 Å². The fourth-order valence-electron chi connectivity index (χ4n) is 2.44. The molecule has 0 atom stereocenters. The van der Waals surface area contributed by atoms with Gasteiger partial charge >= 0.3 is 17.6 Å². The van der Waals surface area contributed by atoms with Gasteiger partial charge in [-0.15, -0.1) is 0 Å². The molecule has 0 saturated carbocycles. The number of carbonyl (C=O) groups excluding carboxylic acids is 2. The van der Waals surface area contributed by atoms with Gasteiger partial charge in [0.1, 0.15) is 30.3 Å². The minimum atomic E-state index is -0.561. The number of allylic oxidation sites excluding steroid dienone is 1. The van der Waals surface area contributed by atoms with Crippen LogP contribution in [0.1, 0.15) is 17.3 Å². The molecule has 148 valence electrons. The molecule has 0 amide bonds. The van der Waals surface area contributed by atoms with E-state index in [0.717, 1.165) is 5.39 Å². The van der Waals surface area contributed by atoms with Gasteiger partial charge in [-0.3, -0.25) is 0 Å². The van der Waals surface area contributed by atoms with Crippen LogP contribution >= 0.6 is 0 Å². The first kappa shape index (κ1) is 19.9. The van der Waals surface area contributed by atoms with E-state index in [1.165, 1.54) is 18.2 Å². The number of carbonyl (C=O) groups is 2. The SMILES string of the molecule is CC=CC(=O)OCCOc1ccc(C(=O)Oc2ccc3ccc(=O)oc3c2)cc1. The Morgan fingerprint density at radius 1 is 0.966 bits per heavy atom. The third-order valence-electron chi connectivity index (χ3n) is 3.79. The van der Waals surface area contributed by atoms with Crippen molar-refractivity contribution in [2.24, 2.45) is 0 Å². The topological polar surface area (TPSA) is 92.0 Å². The number of hydrogen-bond acceptors (Lipinski definition) is 7. The molecule has 0 bridgehead atoms. The molecule has 2 aromatic carbocycles. The van der Waals surface area contributed by atoms with Crippen molar-refractivity contribution in [3.8, 4) is 11.5 Å². The Kier molecular flexibility index (Phi) is 6.42. The van der Waals surface area contributed by atoms with Crippen LogP contribution in [0.15, 0.2) is 76.0 Å². The van der Waals surface area contributed by atoms with Crippen molar-refractivity contribution in [3.05, 3.63) is 82.7 Å². The van der Waals surface area contributed by atoms with Crippen LogP contribution in [-0.4, -0.2) is 25.2 Å². The summed E-state index contributed by atoms with van der Waals surface area (Å²) in [5.74, 6) is -0.201. The molecule has 0 unspecified atom stereocenters. The van der Waals surface area contributed by atoms with Crippen molar-refractivity contribution in [2.45, 2.75) is 6.92 Å². The highest BCUT2D eigenvalue weighted by Gasteiger charge is 2.10. The van der Waals surface area contributed by atoms with E-state index in [9.17, 15) is 14.4 Å². The zero-order valence-electron chi connectivity index (χ0n) is 15.6. The second kappa shape index (κ2) is 9.36. The van der Waals surface area contributed by atoms with Crippen molar-refractivity contribution in [1.29, 1.82) is 0 Å². The van der Waals surface area contributed by atoms with Crippen molar-refractivity contribution >= 4 is 22.9 Å². The maximum absolute atomic E-state index is 12.3. The molecular weight excluding hydrogens is 376 g/mol. The third-order valence-corrected chi connectivity index (χ3v) is 3.79. The number of rotatable bonds is 7. The van der Waals surface area contributed by atoms with E-state index in [1.54, 1.807) is 55.5 Å². The highest BCUT2D eigenvalue weighted by atomic mass is 16.6. The molecule has 7 nitrogen and oxygen atoms in total. The fourth-order valence-corrected chi connectivity index (χ4v) is 2.44. The molecule has 0 radical (unpaired) electrons. The Bertz CT molecular complexity index is 1090. The molecule has 1 heterocycles. The van der Waals surface area contributed by atoms with Gasteiger partial charge in [0.25, 0.3) is 0 Å². The molecule has 0 aliphatic carbocycles. The Morgan fingerprint density at radius 2 is 1.69 bits per heavy atom. The van der Waals surface area contributed by atoms with Gasteiger partial charge < -0.3 is 18.6 Å². The first-order chi connectivity index (χ1) is 14.0. The number of hydrogen-bond donors (Lipinski definition) is 0. The van der Waals surface area contributed by atoms with Crippen LogP contribution < -0.4 is 15.1 Å². The average molecular weight is 394 g/mol. The summed E-state index contributed by atoms with van der Waals surface area (Å²) < 4.78 is 20.8. The summed E-state index contributed by atoms with van der Waals surface area (Å²) in [6, 6.07) is 14.1. The minimum absolute atomic E-state index is 0.116. The lowest BCUT2D eigenvalue weighted by Crippen LogP contribution is -2.11. The Labute approximate surface area is 166 Å². The predicted octanol–water partition coefficient (Wildman–Crippen LogP) is 3.51. The first-order valence-electron chi connectivity index (χ1n) is 8.83. The van der Waals surface area contributed by atoms with Crippen LogP contribution in [0.3, 0.4) is 0 Å².